The molecule has 1 unspecified atom stereocenters. The fraction of sp³-hybridized carbons (Fsp3) is 0.500. The van der Waals surface area contributed by atoms with Gasteiger partial charge in [-0.05, 0) is 24.0 Å². The monoisotopic (exact) mass is 251 g/mol. The van der Waals surface area contributed by atoms with Crippen molar-refractivity contribution in [3.8, 4) is 0 Å². The minimum atomic E-state index is -0.0815. The van der Waals surface area contributed by atoms with Crippen molar-refractivity contribution >= 4 is 17.5 Å². The van der Waals surface area contributed by atoms with Crippen LogP contribution in [-0.2, 0) is 17.8 Å². The quantitative estimate of drug-likeness (QED) is 0.741. The Balaban J connectivity index is 2.15. The first-order chi connectivity index (χ1) is 8.22. The van der Waals surface area contributed by atoms with Gasteiger partial charge in [0.05, 0.1) is 0 Å². The molecule has 1 aliphatic rings. The lowest BCUT2D eigenvalue weighted by Crippen LogP contribution is -2.35. The second-order valence-electron chi connectivity index (χ2n) is 4.69. The first-order valence-corrected chi connectivity index (χ1v) is 6.67. The van der Waals surface area contributed by atoms with Crippen LogP contribution in [0.3, 0.4) is 0 Å². The molecule has 2 nitrogen and oxygen atoms in total. The Morgan fingerprint density at radius 3 is 2.82 bits per heavy atom. The predicted molar refractivity (Wildman–Crippen MR) is 70.1 cm³/mol. The van der Waals surface area contributed by atoms with E-state index in [2.05, 4.69) is 18.2 Å². The fourth-order valence-electron chi connectivity index (χ4n) is 2.27. The number of rotatable bonds is 2. The second-order valence-corrected chi connectivity index (χ2v) is 5.00. The molecule has 0 saturated carbocycles. The molecule has 1 amide bonds. The molecule has 1 atom stereocenters. The summed E-state index contributed by atoms with van der Waals surface area (Å²) >= 11 is 5.76. The van der Waals surface area contributed by atoms with Gasteiger partial charge < -0.3 is 4.90 Å². The van der Waals surface area contributed by atoms with Crippen molar-refractivity contribution < 1.29 is 4.79 Å². The third-order valence-corrected chi connectivity index (χ3v) is 3.78. The van der Waals surface area contributed by atoms with Crippen molar-refractivity contribution in [1.29, 1.82) is 0 Å². The molecule has 0 spiro atoms. The summed E-state index contributed by atoms with van der Waals surface area (Å²) < 4.78 is 0. The number of aryl methyl sites for hydroxylation is 1. The summed E-state index contributed by atoms with van der Waals surface area (Å²) in [6.07, 6.45) is 2.10. The van der Waals surface area contributed by atoms with Crippen LogP contribution in [0.4, 0.5) is 0 Å². The van der Waals surface area contributed by atoms with Crippen molar-refractivity contribution in [3.63, 3.8) is 0 Å². The highest BCUT2D eigenvalue weighted by Gasteiger charge is 2.22. The highest BCUT2D eigenvalue weighted by molar-refractivity contribution is 6.19. The van der Waals surface area contributed by atoms with Gasteiger partial charge in [0.2, 0.25) is 5.91 Å². The zero-order valence-corrected chi connectivity index (χ0v) is 10.9. The number of hydrogen-bond acceptors (Lipinski definition) is 1. The first-order valence-electron chi connectivity index (χ1n) is 6.14. The van der Waals surface area contributed by atoms with E-state index in [0.29, 0.717) is 5.88 Å². The Morgan fingerprint density at radius 2 is 2.12 bits per heavy atom. The van der Waals surface area contributed by atoms with E-state index in [4.69, 9.17) is 11.6 Å². The van der Waals surface area contributed by atoms with Crippen LogP contribution in [0.5, 0.6) is 0 Å². The van der Waals surface area contributed by atoms with Gasteiger partial charge in [-0.25, -0.2) is 0 Å². The van der Waals surface area contributed by atoms with Gasteiger partial charge in [0, 0.05) is 24.9 Å². The number of alkyl halides is 1. The van der Waals surface area contributed by atoms with Gasteiger partial charge in [-0.3, -0.25) is 4.79 Å². The molecule has 1 aromatic rings. The predicted octanol–water partition coefficient (Wildman–Crippen LogP) is 2.84. The lowest BCUT2D eigenvalue weighted by Gasteiger charge is -2.23. The topological polar surface area (TPSA) is 20.3 Å². The van der Waals surface area contributed by atoms with Gasteiger partial charge in [-0.1, -0.05) is 31.2 Å². The van der Waals surface area contributed by atoms with E-state index in [1.807, 2.05) is 17.9 Å². The molecule has 92 valence electrons. The Kier molecular flexibility index (Phi) is 4.06. The van der Waals surface area contributed by atoms with Gasteiger partial charge in [0.25, 0.3) is 0 Å². The maximum atomic E-state index is 12.1. The maximum Gasteiger partial charge on any atom is 0.226 e. The number of fused-ring (bicyclic) bond motifs is 1. The van der Waals surface area contributed by atoms with Gasteiger partial charge in [0.1, 0.15) is 0 Å². The Morgan fingerprint density at radius 1 is 1.41 bits per heavy atom. The Labute approximate surface area is 108 Å². The first kappa shape index (κ1) is 12.4. The van der Waals surface area contributed by atoms with Crippen LogP contribution in [-0.4, -0.2) is 23.2 Å². The smallest absolute Gasteiger partial charge is 0.226 e. The lowest BCUT2D eigenvalue weighted by molar-refractivity contribution is -0.134. The van der Waals surface area contributed by atoms with Crippen LogP contribution in [0.15, 0.2) is 24.3 Å². The molecule has 0 N–H and O–H groups in total. The van der Waals surface area contributed by atoms with E-state index in [0.717, 1.165) is 25.9 Å². The summed E-state index contributed by atoms with van der Waals surface area (Å²) in [7, 11) is 0. The summed E-state index contributed by atoms with van der Waals surface area (Å²) in [6.45, 7) is 3.47. The molecule has 2 rings (SSSR count). The van der Waals surface area contributed by atoms with E-state index in [1.165, 1.54) is 11.1 Å². The zero-order valence-electron chi connectivity index (χ0n) is 10.2. The van der Waals surface area contributed by atoms with E-state index < -0.39 is 0 Å². The molecule has 0 aliphatic carbocycles. The SMILES string of the molecule is CC(CCl)C(=O)N1CCCc2ccccc2C1. The molecule has 0 bridgehead atoms. The molecule has 3 heteroatoms. The number of carbonyl (C=O) groups excluding carboxylic acids is 1. The summed E-state index contributed by atoms with van der Waals surface area (Å²) in [5.74, 6) is 0.496. The van der Waals surface area contributed by atoms with Gasteiger partial charge in [0.15, 0.2) is 0 Å². The van der Waals surface area contributed by atoms with Crippen LogP contribution in [0.1, 0.15) is 24.5 Å². The Hall–Kier alpha value is -1.02. The highest BCUT2D eigenvalue weighted by Crippen LogP contribution is 2.20. The van der Waals surface area contributed by atoms with Crippen molar-refractivity contribution in [2.24, 2.45) is 5.92 Å². The molecule has 0 aromatic heterocycles. The molecular weight excluding hydrogens is 234 g/mol. The largest absolute Gasteiger partial charge is 0.338 e. The van der Waals surface area contributed by atoms with E-state index in [1.54, 1.807) is 0 Å². The van der Waals surface area contributed by atoms with Crippen molar-refractivity contribution in [2.45, 2.75) is 26.3 Å². The van der Waals surface area contributed by atoms with Crippen molar-refractivity contribution in [2.75, 3.05) is 12.4 Å². The van der Waals surface area contributed by atoms with E-state index in [-0.39, 0.29) is 11.8 Å². The third kappa shape index (κ3) is 2.81. The standard InChI is InChI=1S/C14H18ClNO/c1-11(9-15)14(17)16-8-4-7-12-5-2-3-6-13(12)10-16/h2-3,5-6,11H,4,7-10H2,1H3. The molecule has 1 heterocycles. The molecule has 0 fully saturated rings. The normalized spacial score (nSPS) is 17.2. The lowest BCUT2D eigenvalue weighted by atomic mass is 10.0. The number of amides is 1. The number of nitrogens with zero attached hydrogens (tertiary/aromatic N) is 1. The van der Waals surface area contributed by atoms with Gasteiger partial charge in [-0.15, -0.1) is 11.6 Å². The highest BCUT2D eigenvalue weighted by atomic mass is 35.5. The molecule has 17 heavy (non-hydrogen) atoms. The average Bonchev–Trinajstić information content (AvgIpc) is 2.58. The van der Waals surface area contributed by atoms with Gasteiger partial charge in [-0.2, -0.15) is 0 Å². The second kappa shape index (κ2) is 5.54. The van der Waals surface area contributed by atoms with Crippen LogP contribution in [0.2, 0.25) is 0 Å². The van der Waals surface area contributed by atoms with Crippen LogP contribution < -0.4 is 0 Å². The van der Waals surface area contributed by atoms with Crippen molar-refractivity contribution in [1.82, 2.24) is 4.90 Å². The fourth-order valence-corrected chi connectivity index (χ4v) is 2.40. The van der Waals surface area contributed by atoms with Crippen molar-refractivity contribution in [3.05, 3.63) is 35.4 Å². The Bertz CT molecular complexity index is 405. The number of benzene rings is 1. The number of carbonyl (C=O) groups is 1. The van der Waals surface area contributed by atoms with Gasteiger partial charge >= 0.3 is 0 Å². The molecular formula is C14H18ClNO. The van der Waals surface area contributed by atoms with E-state index in [9.17, 15) is 4.79 Å². The average molecular weight is 252 g/mol. The molecule has 1 aliphatic heterocycles. The summed E-state index contributed by atoms with van der Waals surface area (Å²) in [6, 6.07) is 8.38. The summed E-state index contributed by atoms with van der Waals surface area (Å²) in [5, 5.41) is 0. The van der Waals surface area contributed by atoms with Crippen LogP contribution in [0, 0.1) is 5.92 Å². The number of hydrogen-bond donors (Lipinski definition) is 0. The van der Waals surface area contributed by atoms with Crippen LogP contribution in [0.25, 0.3) is 0 Å². The molecule has 0 radical (unpaired) electrons. The summed E-state index contributed by atoms with van der Waals surface area (Å²) in [5.41, 5.74) is 2.65. The zero-order chi connectivity index (χ0) is 12.3. The minimum Gasteiger partial charge on any atom is -0.338 e. The third-order valence-electron chi connectivity index (χ3n) is 3.32. The van der Waals surface area contributed by atoms with E-state index >= 15 is 0 Å². The van der Waals surface area contributed by atoms with Crippen LogP contribution >= 0.6 is 11.6 Å². The maximum absolute atomic E-state index is 12.1. The summed E-state index contributed by atoms with van der Waals surface area (Å²) in [4.78, 5) is 14.1. The number of halogens is 1. The molecule has 1 aromatic carbocycles. The molecule has 0 saturated heterocycles. The minimum absolute atomic E-state index is 0.0815.